The van der Waals surface area contributed by atoms with Crippen LogP contribution in [-0.4, -0.2) is 19.8 Å². The number of hydrogen-bond acceptors (Lipinski definition) is 3. The van der Waals surface area contributed by atoms with Gasteiger partial charge in [-0.3, -0.25) is 0 Å². The Labute approximate surface area is 70.2 Å². The summed E-state index contributed by atoms with van der Waals surface area (Å²) in [4.78, 5) is 4.12. The van der Waals surface area contributed by atoms with Crippen LogP contribution in [0.2, 0.25) is 0 Å². The van der Waals surface area contributed by atoms with Crippen molar-refractivity contribution in [2.24, 2.45) is 0 Å². The zero-order valence-corrected chi connectivity index (χ0v) is 7.10. The molecule has 0 saturated carbocycles. The van der Waals surface area contributed by atoms with Crippen LogP contribution in [0.1, 0.15) is 25.5 Å². The molecule has 12 heavy (non-hydrogen) atoms. The molecule has 0 aliphatic heterocycles. The molecule has 0 saturated heterocycles. The van der Waals surface area contributed by atoms with Crippen LogP contribution in [0, 0.1) is 0 Å². The number of rotatable bonds is 1. The Kier molecular flexibility index (Phi) is 1.53. The van der Waals surface area contributed by atoms with E-state index in [1.54, 1.807) is 17.0 Å². The first-order chi connectivity index (χ1) is 5.77. The number of nitrogens with zero attached hydrogens (tertiary/aromatic N) is 4. The average Bonchev–Trinajstić information content (AvgIpc) is 2.46. The van der Waals surface area contributed by atoms with Gasteiger partial charge in [0.25, 0.3) is 0 Å². The van der Waals surface area contributed by atoms with E-state index in [1.165, 1.54) is 0 Å². The Morgan fingerprint density at radius 3 is 2.83 bits per heavy atom. The van der Waals surface area contributed by atoms with Gasteiger partial charge >= 0.3 is 0 Å². The smallest absolute Gasteiger partial charge is 0.176 e. The van der Waals surface area contributed by atoms with Gasteiger partial charge in [0, 0.05) is 12.3 Å². The zero-order chi connectivity index (χ0) is 8.55. The monoisotopic (exact) mass is 162 g/mol. The van der Waals surface area contributed by atoms with E-state index in [0.29, 0.717) is 5.92 Å². The van der Waals surface area contributed by atoms with Crippen LogP contribution in [0.5, 0.6) is 0 Å². The molecule has 0 unspecified atom stereocenters. The predicted octanol–water partition coefficient (Wildman–Crippen LogP) is 1.25. The van der Waals surface area contributed by atoms with Crippen LogP contribution in [0.25, 0.3) is 5.65 Å². The average molecular weight is 162 g/mol. The summed E-state index contributed by atoms with van der Waals surface area (Å²) in [6.07, 6.45) is 3.30. The Morgan fingerprint density at radius 1 is 1.33 bits per heavy atom. The van der Waals surface area contributed by atoms with Crippen molar-refractivity contribution in [2.45, 2.75) is 19.8 Å². The molecule has 2 aromatic heterocycles. The van der Waals surface area contributed by atoms with Crippen LogP contribution >= 0.6 is 0 Å². The third-order valence-corrected chi connectivity index (χ3v) is 1.73. The van der Waals surface area contributed by atoms with Crippen molar-refractivity contribution in [3.63, 3.8) is 0 Å². The van der Waals surface area contributed by atoms with Crippen LogP contribution in [-0.2, 0) is 0 Å². The molecule has 0 fully saturated rings. The van der Waals surface area contributed by atoms with Crippen molar-refractivity contribution in [1.29, 1.82) is 0 Å². The second kappa shape index (κ2) is 2.55. The molecule has 0 N–H and O–H groups in total. The molecule has 0 aromatic carbocycles. The highest BCUT2D eigenvalue weighted by Gasteiger charge is 2.05. The van der Waals surface area contributed by atoms with Crippen molar-refractivity contribution in [3.8, 4) is 0 Å². The summed E-state index contributed by atoms with van der Waals surface area (Å²) in [6, 6.07) is 1.96. The van der Waals surface area contributed by atoms with Crippen molar-refractivity contribution < 1.29 is 0 Å². The highest BCUT2D eigenvalue weighted by molar-refractivity contribution is 5.37. The quantitative estimate of drug-likeness (QED) is 0.633. The number of hydrogen-bond donors (Lipinski definition) is 0. The summed E-state index contributed by atoms with van der Waals surface area (Å²) >= 11 is 0. The fourth-order valence-corrected chi connectivity index (χ4v) is 1.04. The molecular weight excluding hydrogens is 152 g/mol. The summed E-state index contributed by atoms with van der Waals surface area (Å²) in [5.74, 6) is 0.425. The molecule has 0 radical (unpaired) electrons. The Morgan fingerprint density at radius 2 is 2.17 bits per heavy atom. The SMILES string of the molecule is CC(C)c1cc2nccnn2n1. The lowest BCUT2D eigenvalue weighted by molar-refractivity contribution is 0.726. The zero-order valence-electron chi connectivity index (χ0n) is 7.10. The Balaban J connectivity index is 2.62. The van der Waals surface area contributed by atoms with E-state index < -0.39 is 0 Å². The minimum Gasteiger partial charge on any atom is -0.234 e. The van der Waals surface area contributed by atoms with E-state index in [2.05, 4.69) is 29.0 Å². The van der Waals surface area contributed by atoms with Gasteiger partial charge in [-0.2, -0.15) is 10.2 Å². The van der Waals surface area contributed by atoms with Gasteiger partial charge < -0.3 is 0 Å². The lowest BCUT2D eigenvalue weighted by atomic mass is 10.1. The van der Waals surface area contributed by atoms with Gasteiger partial charge in [-0.15, -0.1) is 4.63 Å². The summed E-state index contributed by atoms with van der Waals surface area (Å²) in [6.45, 7) is 4.20. The van der Waals surface area contributed by atoms with Gasteiger partial charge in [-0.25, -0.2) is 4.98 Å². The minimum absolute atomic E-state index is 0.425. The van der Waals surface area contributed by atoms with Crippen LogP contribution in [0.4, 0.5) is 0 Å². The highest BCUT2D eigenvalue weighted by atomic mass is 15.4. The molecule has 0 atom stereocenters. The van der Waals surface area contributed by atoms with E-state index in [0.717, 1.165) is 11.3 Å². The maximum absolute atomic E-state index is 4.26. The fourth-order valence-electron chi connectivity index (χ4n) is 1.04. The van der Waals surface area contributed by atoms with Crippen LogP contribution < -0.4 is 0 Å². The third kappa shape index (κ3) is 1.05. The third-order valence-electron chi connectivity index (χ3n) is 1.73. The van der Waals surface area contributed by atoms with Gasteiger partial charge in [-0.05, 0) is 5.92 Å². The second-order valence-electron chi connectivity index (χ2n) is 3.01. The molecule has 0 bridgehead atoms. The molecular formula is C8H10N4. The molecule has 2 aromatic rings. The topological polar surface area (TPSA) is 43.1 Å². The summed E-state index contributed by atoms with van der Waals surface area (Å²) in [5.41, 5.74) is 1.84. The van der Waals surface area contributed by atoms with Gasteiger partial charge in [0.15, 0.2) is 5.65 Å². The first kappa shape index (κ1) is 7.21. The molecule has 0 aliphatic rings. The van der Waals surface area contributed by atoms with Crippen molar-refractivity contribution in [3.05, 3.63) is 24.2 Å². The number of aromatic nitrogens is 4. The largest absolute Gasteiger partial charge is 0.234 e. The molecule has 0 amide bonds. The first-order valence-corrected chi connectivity index (χ1v) is 3.94. The van der Waals surface area contributed by atoms with Gasteiger partial charge in [0.1, 0.15) is 0 Å². The second-order valence-corrected chi connectivity index (χ2v) is 3.01. The van der Waals surface area contributed by atoms with Crippen molar-refractivity contribution in [1.82, 2.24) is 19.8 Å². The first-order valence-electron chi connectivity index (χ1n) is 3.94. The molecule has 0 aliphatic carbocycles. The lowest BCUT2D eigenvalue weighted by Gasteiger charge is -1.94. The van der Waals surface area contributed by atoms with Crippen LogP contribution in [0.15, 0.2) is 18.5 Å². The Bertz CT molecular complexity index is 358. The summed E-state index contributed by atoms with van der Waals surface area (Å²) in [7, 11) is 0. The van der Waals surface area contributed by atoms with E-state index in [-0.39, 0.29) is 0 Å². The summed E-state index contributed by atoms with van der Waals surface area (Å²) < 4.78 is 1.55. The maximum atomic E-state index is 4.26. The fraction of sp³-hybridized carbons (Fsp3) is 0.375. The molecule has 2 rings (SSSR count). The molecule has 0 spiro atoms. The van der Waals surface area contributed by atoms with E-state index in [1.807, 2.05) is 6.07 Å². The van der Waals surface area contributed by atoms with Crippen molar-refractivity contribution in [2.75, 3.05) is 0 Å². The highest BCUT2D eigenvalue weighted by Crippen LogP contribution is 2.12. The van der Waals surface area contributed by atoms with Gasteiger partial charge in [0.05, 0.1) is 11.9 Å². The number of fused-ring (bicyclic) bond motifs is 1. The van der Waals surface area contributed by atoms with Gasteiger partial charge in [-0.1, -0.05) is 13.8 Å². The minimum atomic E-state index is 0.425. The molecule has 62 valence electrons. The predicted molar refractivity (Wildman–Crippen MR) is 44.9 cm³/mol. The lowest BCUT2D eigenvalue weighted by Crippen LogP contribution is -1.95. The maximum Gasteiger partial charge on any atom is 0.176 e. The molecule has 4 heteroatoms. The Hall–Kier alpha value is -1.45. The normalized spacial score (nSPS) is 11.2. The van der Waals surface area contributed by atoms with Crippen LogP contribution in [0.3, 0.4) is 0 Å². The van der Waals surface area contributed by atoms with E-state index >= 15 is 0 Å². The molecule has 4 nitrogen and oxygen atoms in total. The molecule has 2 heterocycles. The van der Waals surface area contributed by atoms with Crippen molar-refractivity contribution >= 4 is 5.65 Å². The summed E-state index contributed by atoms with van der Waals surface area (Å²) in [5, 5.41) is 8.28. The standard InChI is InChI=1S/C8H10N4/c1-6(2)7-5-8-9-3-4-10-12(8)11-7/h3-6H,1-2H3. The van der Waals surface area contributed by atoms with E-state index in [9.17, 15) is 0 Å². The van der Waals surface area contributed by atoms with Gasteiger partial charge in [0.2, 0.25) is 0 Å². The van der Waals surface area contributed by atoms with E-state index in [4.69, 9.17) is 0 Å².